The van der Waals surface area contributed by atoms with Gasteiger partial charge in [0.25, 0.3) is 0 Å². The molecule has 1 atom stereocenters. The lowest BCUT2D eigenvalue weighted by Crippen LogP contribution is -2.84. The molecule has 0 fully saturated rings. The van der Waals surface area contributed by atoms with Crippen molar-refractivity contribution in [2.75, 3.05) is 14.2 Å². The lowest BCUT2D eigenvalue weighted by molar-refractivity contribution is -0.712. The average molecular weight is 298 g/mol. The van der Waals surface area contributed by atoms with E-state index in [0.29, 0.717) is 6.04 Å². The van der Waals surface area contributed by atoms with Crippen LogP contribution in [-0.2, 0) is 13.0 Å². The van der Waals surface area contributed by atoms with Gasteiger partial charge in [0.05, 0.1) is 14.2 Å². The summed E-state index contributed by atoms with van der Waals surface area (Å²) in [5.74, 6) is 1.59. The zero-order chi connectivity index (χ0) is 15.4. The molecule has 0 bridgehead atoms. The third kappa shape index (κ3) is 3.09. The maximum Gasteiger partial charge on any atom is 0.161 e. The molecule has 0 heterocycles. The Morgan fingerprint density at radius 1 is 1.05 bits per heavy atom. The first-order valence-corrected chi connectivity index (χ1v) is 7.94. The van der Waals surface area contributed by atoms with Crippen molar-refractivity contribution >= 4 is 0 Å². The van der Waals surface area contributed by atoms with Gasteiger partial charge in [-0.25, -0.2) is 0 Å². The van der Waals surface area contributed by atoms with Gasteiger partial charge in [0, 0.05) is 17.5 Å². The van der Waals surface area contributed by atoms with Crippen molar-refractivity contribution in [3.05, 3.63) is 59.2 Å². The summed E-state index contributed by atoms with van der Waals surface area (Å²) in [6.07, 6.45) is 3.76. The van der Waals surface area contributed by atoms with Crippen LogP contribution in [0.2, 0.25) is 0 Å². The molecule has 116 valence electrons. The van der Waals surface area contributed by atoms with Crippen molar-refractivity contribution in [1.29, 1.82) is 0 Å². The number of hydrogen-bond donors (Lipinski definition) is 1. The average Bonchev–Trinajstić information content (AvgIpc) is 2.59. The van der Waals surface area contributed by atoms with Gasteiger partial charge < -0.3 is 14.8 Å². The molecule has 0 unspecified atom stereocenters. The molecule has 3 heteroatoms. The minimum absolute atomic E-state index is 0.568. The molecule has 0 aromatic heterocycles. The Labute approximate surface area is 132 Å². The summed E-state index contributed by atoms with van der Waals surface area (Å²) >= 11 is 0. The van der Waals surface area contributed by atoms with E-state index in [9.17, 15) is 0 Å². The van der Waals surface area contributed by atoms with Gasteiger partial charge in [-0.1, -0.05) is 24.3 Å². The molecule has 0 aliphatic heterocycles. The number of aryl methyl sites for hydroxylation is 1. The second kappa shape index (κ2) is 6.84. The van der Waals surface area contributed by atoms with E-state index in [2.05, 4.69) is 41.7 Å². The molecule has 2 aromatic rings. The Hall–Kier alpha value is -2.00. The predicted molar refractivity (Wildman–Crippen MR) is 87.3 cm³/mol. The molecule has 1 aliphatic rings. The molecular weight excluding hydrogens is 274 g/mol. The van der Waals surface area contributed by atoms with Gasteiger partial charge in [0.1, 0.15) is 12.6 Å². The predicted octanol–water partition coefficient (Wildman–Crippen LogP) is 2.84. The molecular formula is C19H24NO2+. The molecule has 0 spiro atoms. The first-order chi connectivity index (χ1) is 10.8. The largest absolute Gasteiger partial charge is 0.493 e. The molecule has 0 radical (unpaired) electrons. The van der Waals surface area contributed by atoms with Gasteiger partial charge in [-0.15, -0.1) is 0 Å². The first-order valence-electron chi connectivity index (χ1n) is 7.94. The fourth-order valence-corrected chi connectivity index (χ4v) is 3.32. The Morgan fingerprint density at radius 2 is 1.86 bits per heavy atom. The summed E-state index contributed by atoms with van der Waals surface area (Å²) in [5, 5.41) is 2.44. The molecule has 1 aliphatic carbocycles. The number of benzene rings is 2. The molecule has 0 saturated carbocycles. The normalized spacial score (nSPS) is 16.9. The summed E-state index contributed by atoms with van der Waals surface area (Å²) in [4.78, 5) is 0. The number of fused-ring (bicyclic) bond motifs is 1. The highest BCUT2D eigenvalue weighted by molar-refractivity contribution is 5.42. The minimum Gasteiger partial charge on any atom is -0.493 e. The smallest absolute Gasteiger partial charge is 0.161 e. The van der Waals surface area contributed by atoms with Crippen molar-refractivity contribution in [2.24, 2.45) is 0 Å². The summed E-state index contributed by atoms with van der Waals surface area (Å²) < 4.78 is 10.7. The standard InChI is InChI=1S/C19H23NO2/c1-21-18-11-10-14(12-19(18)22-2)13-20-17-9-5-7-15-6-3-4-8-16(15)17/h3-4,6,8,10-12,17,20H,5,7,9,13H2,1-2H3/p+1/t17-/m1/s1. The van der Waals surface area contributed by atoms with Crippen LogP contribution in [0.3, 0.4) is 0 Å². The van der Waals surface area contributed by atoms with Crippen LogP contribution in [0.15, 0.2) is 42.5 Å². The van der Waals surface area contributed by atoms with Crippen molar-refractivity contribution in [2.45, 2.75) is 31.8 Å². The molecule has 0 amide bonds. The number of nitrogens with two attached hydrogens (primary N) is 1. The van der Waals surface area contributed by atoms with Crippen LogP contribution in [0.25, 0.3) is 0 Å². The highest BCUT2D eigenvalue weighted by Gasteiger charge is 2.22. The van der Waals surface area contributed by atoms with Gasteiger partial charge in [-0.2, -0.15) is 0 Å². The van der Waals surface area contributed by atoms with Crippen LogP contribution in [0, 0.1) is 0 Å². The summed E-state index contributed by atoms with van der Waals surface area (Å²) in [5.41, 5.74) is 4.29. The van der Waals surface area contributed by atoms with Gasteiger partial charge in [-0.3, -0.25) is 0 Å². The van der Waals surface area contributed by atoms with E-state index >= 15 is 0 Å². The molecule has 2 aromatic carbocycles. The van der Waals surface area contributed by atoms with E-state index in [4.69, 9.17) is 9.47 Å². The van der Waals surface area contributed by atoms with Gasteiger partial charge in [-0.05, 0) is 36.6 Å². The Bertz CT molecular complexity index is 639. The van der Waals surface area contributed by atoms with Crippen molar-refractivity contribution in [3.63, 3.8) is 0 Å². The number of hydrogen-bond acceptors (Lipinski definition) is 2. The molecule has 3 nitrogen and oxygen atoms in total. The maximum atomic E-state index is 5.39. The molecule has 3 rings (SSSR count). The van der Waals surface area contributed by atoms with Crippen LogP contribution in [0.5, 0.6) is 11.5 Å². The number of quaternary nitrogens is 1. The third-order valence-corrected chi connectivity index (χ3v) is 4.50. The fourth-order valence-electron chi connectivity index (χ4n) is 3.32. The topological polar surface area (TPSA) is 35.1 Å². The van der Waals surface area contributed by atoms with Gasteiger partial charge >= 0.3 is 0 Å². The van der Waals surface area contributed by atoms with Crippen molar-refractivity contribution < 1.29 is 14.8 Å². The van der Waals surface area contributed by atoms with E-state index in [1.807, 2.05) is 6.07 Å². The van der Waals surface area contributed by atoms with Crippen LogP contribution < -0.4 is 14.8 Å². The summed E-state index contributed by atoms with van der Waals surface area (Å²) in [7, 11) is 3.35. The monoisotopic (exact) mass is 298 g/mol. The third-order valence-electron chi connectivity index (χ3n) is 4.50. The highest BCUT2D eigenvalue weighted by Crippen LogP contribution is 2.28. The number of rotatable bonds is 5. The lowest BCUT2D eigenvalue weighted by Gasteiger charge is -2.23. The fraction of sp³-hybridized carbons (Fsp3) is 0.368. The Morgan fingerprint density at radius 3 is 2.68 bits per heavy atom. The van der Waals surface area contributed by atoms with Gasteiger partial charge in [0.2, 0.25) is 0 Å². The lowest BCUT2D eigenvalue weighted by atomic mass is 9.87. The van der Waals surface area contributed by atoms with E-state index < -0.39 is 0 Å². The second-order valence-corrected chi connectivity index (χ2v) is 5.83. The zero-order valence-corrected chi connectivity index (χ0v) is 13.3. The number of methoxy groups -OCH3 is 2. The summed E-state index contributed by atoms with van der Waals surface area (Å²) in [6, 6.07) is 15.6. The minimum atomic E-state index is 0.568. The quantitative estimate of drug-likeness (QED) is 0.921. The first kappa shape index (κ1) is 14.9. The molecule has 2 N–H and O–H groups in total. The Kier molecular flexibility index (Phi) is 4.64. The van der Waals surface area contributed by atoms with Crippen LogP contribution in [0.1, 0.15) is 35.6 Å². The zero-order valence-electron chi connectivity index (χ0n) is 13.3. The van der Waals surface area contributed by atoms with Gasteiger partial charge in [0.15, 0.2) is 11.5 Å². The molecule has 22 heavy (non-hydrogen) atoms. The number of ether oxygens (including phenoxy) is 2. The maximum absolute atomic E-state index is 5.39. The van der Waals surface area contributed by atoms with Crippen molar-refractivity contribution in [1.82, 2.24) is 0 Å². The van der Waals surface area contributed by atoms with Crippen LogP contribution >= 0.6 is 0 Å². The molecule has 0 saturated heterocycles. The van der Waals surface area contributed by atoms with Crippen LogP contribution in [0.4, 0.5) is 0 Å². The second-order valence-electron chi connectivity index (χ2n) is 5.83. The highest BCUT2D eigenvalue weighted by atomic mass is 16.5. The van der Waals surface area contributed by atoms with Crippen molar-refractivity contribution in [3.8, 4) is 11.5 Å². The van der Waals surface area contributed by atoms with E-state index in [1.165, 1.54) is 36.0 Å². The SMILES string of the molecule is COc1ccc(C[NH2+][C@@H]2CCCc3ccccc32)cc1OC. The van der Waals surface area contributed by atoms with E-state index in [0.717, 1.165) is 18.0 Å². The van der Waals surface area contributed by atoms with E-state index in [1.54, 1.807) is 14.2 Å². The van der Waals surface area contributed by atoms with E-state index in [-0.39, 0.29) is 0 Å². The Balaban J connectivity index is 1.71. The van der Waals surface area contributed by atoms with Crippen LogP contribution in [-0.4, -0.2) is 14.2 Å². The summed E-state index contributed by atoms with van der Waals surface area (Å²) in [6.45, 7) is 0.958.